The van der Waals surface area contributed by atoms with E-state index < -0.39 is 0 Å². The average Bonchev–Trinajstić information content (AvgIpc) is 1.98. The smallest absolute Gasteiger partial charge is 0.150 e. The third kappa shape index (κ3) is 2.19. The van der Waals surface area contributed by atoms with Crippen LogP contribution in [0.5, 0.6) is 0 Å². The van der Waals surface area contributed by atoms with Crippen LogP contribution < -0.4 is 0 Å². The number of ketones is 1. The van der Waals surface area contributed by atoms with Crippen LogP contribution in [0.15, 0.2) is 12.2 Å². The van der Waals surface area contributed by atoms with E-state index in [0.29, 0.717) is 12.8 Å². The molecule has 58 valence electrons. The van der Waals surface area contributed by atoms with Crippen LogP contribution >= 0.6 is 0 Å². The fraction of sp³-hybridized carbons (Fsp3) is 0.556. The first-order valence-electron chi connectivity index (χ1n) is 3.92. The van der Waals surface area contributed by atoms with Crippen LogP contribution in [-0.4, -0.2) is 5.78 Å². The molecule has 0 aromatic rings. The molecule has 0 saturated heterocycles. The first-order valence-corrected chi connectivity index (χ1v) is 3.92. The van der Waals surface area contributed by atoms with Gasteiger partial charge in [0.2, 0.25) is 0 Å². The molecule has 2 heteroatoms. The van der Waals surface area contributed by atoms with Gasteiger partial charge >= 0.3 is 0 Å². The third-order valence-corrected chi connectivity index (χ3v) is 1.88. The van der Waals surface area contributed by atoms with E-state index in [1.165, 1.54) is 0 Å². The van der Waals surface area contributed by atoms with Crippen molar-refractivity contribution in [2.24, 2.45) is 5.92 Å². The molecule has 0 radical (unpaired) electrons. The molecule has 1 aliphatic rings. The Morgan fingerprint density at radius 3 is 3.09 bits per heavy atom. The van der Waals surface area contributed by atoms with Gasteiger partial charge in [0.1, 0.15) is 11.7 Å². The number of rotatable bonds is 0. The van der Waals surface area contributed by atoms with E-state index in [2.05, 4.69) is 6.08 Å². The first-order chi connectivity index (χ1) is 5.34. The lowest BCUT2D eigenvalue weighted by Gasteiger charge is -2.06. The summed E-state index contributed by atoms with van der Waals surface area (Å²) in [5, 5.41) is 8.57. The number of Topliss-reactive ketones (excluding diaryl/α,β-unsaturated/α-hetero) is 1. The molecule has 1 rings (SSSR count). The molecule has 0 bridgehead atoms. The van der Waals surface area contributed by atoms with Crippen LogP contribution in [0.3, 0.4) is 0 Å². The summed E-state index contributed by atoms with van der Waals surface area (Å²) < 4.78 is 0. The predicted octanol–water partition coefficient (Wildman–Crippen LogP) is 1.83. The highest BCUT2D eigenvalue weighted by Crippen LogP contribution is 2.13. The van der Waals surface area contributed by atoms with E-state index in [1.807, 2.05) is 12.1 Å². The second-order valence-corrected chi connectivity index (χ2v) is 2.75. The van der Waals surface area contributed by atoms with Crippen molar-refractivity contribution in [2.75, 3.05) is 0 Å². The van der Waals surface area contributed by atoms with Crippen molar-refractivity contribution >= 4 is 5.78 Å². The van der Waals surface area contributed by atoms with Gasteiger partial charge in [0.05, 0.1) is 6.07 Å². The molecule has 0 fully saturated rings. The lowest BCUT2D eigenvalue weighted by molar-refractivity contribution is -0.121. The van der Waals surface area contributed by atoms with E-state index in [1.54, 1.807) is 0 Å². The highest BCUT2D eigenvalue weighted by molar-refractivity contribution is 5.83. The molecule has 11 heavy (non-hydrogen) atoms. The Balaban J connectivity index is 2.61. The molecule has 0 amide bonds. The fourth-order valence-electron chi connectivity index (χ4n) is 1.17. The van der Waals surface area contributed by atoms with Gasteiger partial charge in [0, 0.05) is 6.42 Å². The minimum Gasteiger partial charge on any atom is -0.298 e. The molecule has 0 N–H and O–H groups in total. The summed E-state index contributed by atoms with van der Waals surface area (Å²) in [5.74, 6) is -0.275. The summed E-state index contributed by atoms with van der Waals surface area (Å²) in [6.45, 7) is 0. The van der Waals surface area contributed by atoms with E-state index in [0.717, 1.165) is 12.8 Å². The van der Waals surface area contributed by atoms with Crippen LogP contribution in [0.1, 0.15) is 25.7 Å². The Bertz CT molecular complexity index is 212. The van der Waals surface area contributed by atoms with Crippen LogP contribution in [0.25, 0.3) is 0 Å². The fourth-order valence-corrected chi connectivity index (χ4v) is 1.17. The van der Waals surface area contributed by atoms with Gasteiger partial charge in [-0.05, 0) is 19.3 Å². The largest absolute Gasteiger partial charge is 0.298 e. The summed E-state index contributed by atoms with van der Waals surface area (Å²) in [7, 11) is 0. The minimum absolute atomic E-state index is 0.108. The molecule has 0 aliphatic heterocycles. The number of carbonyl (C=O) groups is 1. The van der Waals surface area contributed by atoms with Crippen LogP contribution in [-0.2, 0) is 4.79 Å². The number of carbonyl (C=O) groups excluding carboxylic acids is 1. The van der Waals surface area contributed by atoms with Crippen LogP contribution in [0.4, 0.5) is 0 Å². The van der Waals surface area contributed by atoms with E-state index >= 15 is 0 Å². The van der Waals surface area contributed by atoms with Gasteiger partial charge in [-0.2, -0.15) is 5.26 Å². The maximum absolute atomic E-state index is 11.1. The normalized spacial score (nSPS) is 28.3. The maximum Gasteiger partial charge on any atom is 0.150 e. The van der Waals surface area contributed by atoms with E-state index in [-0.39, 0.29) is 11.7 Å². The average molecular weight is 149 g/mol. The lowest BCUT2D eigenvalue weighted by atomic mass is 9.95. The van der Waals surface area contributed by atoms with Crippen LogP contribution in [0, 0.1) is 17.2 Å². The predicted molar refractivity (Wildman–Crippen MR) is 41.7 cm³/mol. The summed E-state index contributed by atoms with van der Waals surface area (Å²) >= 11 is 0. The molecular weight excluding hydrogens is 138 g/mol. The second kappa shape index (κ2) is 3.92. The summed E-state index contributed by atoms with van der Waals surface area (Å²) in [6, 6.07) is 2.02. The number of hydrogen-bond donors (Lipinski definition) is 0. The molecular formula is C9H11NO. The highest BCUT2D eigenvalue weighted by atomic mass is 16.1. The zero-order chi connectivity index (χ0) is 8.10. The minimum atomic E-state index is -0.383. The number of hydrogen-bond acceptors (Lipinski definition) is 2. The van der Waals surface area contributed by atoms with Crippen molar-refractivity contribution in [1.29, 1.82) is 5.26 Å². The zero-order valence-electron chi connectivity index (χ0n) is 6.42. The topological polar surface area (TPSA) is 40.9 Å². The first kappa shape index (κ1) is 8.00. The highest BCUT2D eigenvalue weighted by Gasteiger charge is 2.16. The van der Waals surface area contributed by atoms with Gasteiger partial charge in [-0.15, -0.1) is 0 Å². The van der Waals surface area contributed by atoms with Gasteiger partial charge in [-0.25, -0.2) is 0 Å². The Morgan fingerprint density at radius 2 is 2.36 bits per heavy atom. The molecule has 1 unspecified atom stereocenters. The van der Waals surface area contributed by atoms with Crippen molar-refractivity contribution < 1.29 is 4.79 Å². The molecule has 0 spiro atoms. The summed E-state index contributed by atoms with van der Waals surface area (Å²) in [4.78, 5) is 11.1. The van der Waals surface area contributed by atoms with E-state index in [9.17, 15) is 4.79 Å². The number of allylic oxidation sites excluding steroid dienone is 2. The molecule has 0 saturated carbocycles. The Morgan fingerprint density at radius 1 is 1.55 bits per heavy atom. The quantitative estimate of drug-likeness (QED) is 0.493. The summed E-state index contributed by atoms with van der Waals surface area (Å²) in [5.41, 5.74) is 0. The van der Waals surface area contributed by atoms with Gasteiger partial charge in [-0.3, -0.25) is 4.79 Å². The monoisotopic (exact) mass is 149 g/mol. The molecule has 0 heterocycles. The van der Waals surface area contributed by atoms with E-state index in [4.69, 9.17) is 5.26 Å². The van der Waals surface area contributed by atoms with Crippen molar-refractivity contribution in [2.45, 2.75) is 25.7 Å². The van der Waals surface area contributed by atoms with Crippen molar-refractivity contribution in [3.63, 3.8) is 0 Å². The SMILES string of the molecule is N#CC1C/C=C\CCCC1=O. The maximum atomic E-state index is 11.1. The van der Waals surface area contributed by atoms with Gasteiger partial charge in [0.15, 0.2) is 0 Å². The van der Waals surface area contributed by atoms with Crippen molar-refractivity contribution in [3.8, 4) is 6.07 Å². The molecule has 1 atom stereocenters. The Hall–Kier alpha value is -1.10. The summed E-state index contributed by atoms with van der Waals surface area (Å²) in [6.07, 6.45) is 7.04. The Kier molecular flexibility index (Phi) is 2.85. The number of nitriles is 1. The molecule has 1 aliphatic carbocycles. The standard InChI is InChI=1S/C9H11NO/c10-7-8-5-3-1-2-4-6-9(8)11/h1,3,8H,2,4-6H2/b3-1-. The lowest BCUT2D eigenvalue weighted by Crippen LogP contribution is -2.12. The third-order valence-electron chi connectivity index (χ3n) is 1.88. The van der Waals surface area contributed by atoms with Gasteiger partial charge < -0.3 is 0 Å². The van der Waals surface area contributed by atoms with Gasteiger partial charge in [-0.1, -0.05) is 12.2 Å². The molecule has 2 nitrogen and oxygen atoms in total. The van der Waals surface area contributed by atoms with Gasteiger partial charge in [0.25, 0.3) is 0 Å². The van der Waals surface area contributed by atoms with Crippen molar-refractivity contribution in [1.82, 2.24) is 0 Å². The number of nitrogens with zero attached hydrogens (tertiary/aromatic N) is 1. The zero-order valence-corrected chi connectivity index (χ0v) is 6.42. The molecule has 0 aromatic carbocycles. The molecule has 0 aromatic heterocycles. The van der Waals surface area contributed by atoms with Crippen LogP contribution in [0.2, 0.25) is 0 Å². The van der Waals surface area contributed by atoms with Crippen molar-refractivity contribution in [3.05, 3.63) is 12.2 Å². The second-order valence-electron chi connectivity index (χ2n) is 2.75. The Labute approximate surface area is 66.5 Å².